The lowest BCUT2D eigenvalue weighted by Gasteiger charge is -2.17. The van der Waals surface area contributed by atoms with E-state index in [-0.39, 0.29) is 5.91 Å². The van der Waals surface area contributed by atoms with Crippen molar-refractivity contribution in [3.05, 3.63) is 62.2 Å². The first-order valence-electron chi connectivity index (χ1n) is 7.51. The highest BCUT2D eigenvalue weighted by Crippen LogP contribution is 2.31. The van der Waals surface area contributed by atoms with Crippen LogP contribution in [-0.2, 0) is 17.8 Å². The number of aryl methyl sites for hydroxylation is 1. The lowest BCUT2D eigenvalue weighted by molar-refractivity contribution is -0.129. The summed E-state index contributed by atoms with van der Waals surface area (Å²) in [5, 5.41) is 3.70. The van der Waals surface area contributed by atoms with Crippen LogP contribution in [0, 0.1) is 6.92 Å². The first kappa shape index (κ1) is 17.1. The number of carbonyl (C=O) groups excluding carboxylic acids is 1. The first-order valence-corrected chi connectivity index (χ1v) is 9.59. The lowest BCUT2D eigenvalue weighted by Crippen LogP contribution is -2.27. The molecule has 0 aliphatic rings. The van der Waals surface area contributed by atoms with Crippen LogP contribution in [0.3, 0.4) is 0 Å². The molecule has 3 rings (SSSR count). The largest absolute Gasteiger partial charge is 0.341 e. The van der Waals surface area contributed by atoms with Crippen molar-refractivity contribution in [3.63, 3.8) is 0 Å². The Bertz CT molecular complexity index is 843. The van der Waals surface area contributed by atoms with E-state index in [4.69, 9.17) is 11.6 Å². The highest BCUT2D eigenvalue weighted by atomic mass is 35.5. The van der Waals surface area contributed by atoms with E-state index < -0.39 is 0 Å². The van der Waals surface area contributed by atoms with Crippen LogP contribution in [0.5, 0.6) is 0 Å². The number of carbonyl (C=O) groups is 1. The Labute approximate surface area is 154 Å². The van der Waals surface area contributed by atoms with Crippen molar-refractivity contribution in [3.8, 4) is 10.6 Å². The van der Waals surface area contributed by atoms with Crippen LogP contribution in [0.1, 0.15) is 15.4 Å². The van der Waals surface area contributed by atoms with Gasteiger partial charge in [-0.2, -0.15) is 0 Å². The summed E-state index contributed by atoms with van der Waals surface area (Å²) in [4.78, 5) is 21.1. The molecule has 0 spiro atoms. The summed E-state index contributed by atoms with van der Waals surface area (Å²) in [6.45, 7) is 2.52. The Morgan fingerprint density at radius 1 is 1.29 bits per heavy atom. The van der Waals surface area contributed by atoms with E-state index in [0.29, 0.717) is 18.0 Å². The minimum atomic E-state index is 0.0800. The van der Waals surface area contributed by atoms with E-state index >= 15 is 0 Å². The second kappa shape index (κ2) is 7.47. The molecule has 24 heavy (non-hydrogen) atoms. The van der Waals surface area contributed by atoms with Gasteiger partial charge in [-0.1, -0.05) is 29.8 Å². The van der Waals surface area contributed by atoms with Crippen LogP contribution in [0.2, 0.25) is 5.02 Å². The Morgan fingerprint density at radius 2 is 2.12 bits per heavy atom. The predicted octanol–water partition coefficient (Wildman–Crippen LogP) is 5.03. The monoisotopic (exact) mass is 376 g/mol. The molecule has 0 bridgehead atoms. The minimum absolute atomic E-state index is 0.0800. The van der Waals surface area contributed by atoms with Crippen LogP contribution in [-0.4, -0.2) is 22.8 Å². The quantitative estimate of drug-likeness (QED) is 0.625. The van der Waals surface area contributed by atoms with Crippen LogP contribution in [0.15, 0.2) is 41.8 Å². The second-order valence-corrected chi connectivity index (χ2v) is 8.21. The van der Waals surface area contributed by atoms with E-state index in [0.717, 1.165) is 26.0 Å². The van der Waals surface area contributed by atoms with Gasteiger partial charge in [-0.25, -0.2) is 4.98 Å². The molecule has 3 aromatic rings. The number of likely N-dealkylation sites (N-methyl/N-ethyl adjacent to an activating group) is 1. The van der Waals surface area contributed by atoms with E-state index in [2.05, 4.69) is 4.98 Å². The number of benzene rings is 1. The number of thiazole rings is 1. The van der Waals surface area contributed by atoms with Gasteiger partial charge in [0.05, 0.1) is 22.0 Å². The molecule has 3 nitrogen and oxygen atoms in total. The average molecular weight is 377 g/mol. The normalized spacial score (nSPS) is 10.8. The first-order chi connectivity index (χ1) is 11.5. The Kier molecular flexibility index (Phi) is 5.33. The molecule has 2 aromatic heterocycles. The molecule has 1 aromatic carbocycles. The van der Waals surface area contributed by atoms with Gasteiger partial charge in [-0.3, -0.25) is 4.79 Å². The van der Waals surface area contributed by atoms with Gasteiger partial charge in [0, 0.05) is 23.5 Å². The molecule has 0 unspecified atom stereocenters. The summed E-state index contributed by atoms with van der Waals surface area (Å²) in [6, 6.07) is 11.6. The number of aromatic nitrogens is 1. The number of hydrogen-bond donors (Lipinski definition) is 0. The highest BCUT2D eigenvalue weighted by molar-refractivity contribution is 7.15. The molecule has 0 N–H and O–H groups in total. The van der Waals surface area contributed by atoms with E-state index in [1.54, 1.807) is 27.6 Å². The third-order valence-corrected chi connectivity index (χ3v) is 5.69. The molecule has 0 saturated heterocycles. The van der Waals surface area contributed by atoms with Crippen LogP contribution < -0.4 is 0 Å². The number of amides is 1. The van der Waals surface area contributed by atoms with Crippen molar-refractivity contribution in [2.75, 3.05) is 7.05 Å². The molecule has 2 heterocycles. The van der Waals surface area contributed by atoms with Gasteiger partial charge in [0.25, 0.3) is 0 Å². The molecule has 0 aliphatic carbocycles. The Balaban J connectivity index is 1.73. The van der Waals surface area contributed by atoms with Gasteiger partial charge in [0.2, 0.25) is 5.91 Å². The molecule has 0 saturated carbocycles. The van der Waals surface area contributed by atoms with Gasteiger partial charge < -0.3 is 4.90 Å². The van der Waals surface area contributed by atoms with Gasteiger partial charge >= 0.3 is 0 Å². The standard InChI is InChI=1S/C18H17ClN2OS2/c1-12-20-18(15-7-4-8-23-15)16(24-12)10-17(22)21(2)11-13-5-3-6-14(19)9-13/h3-9H,10-11H2,1-2H3. The maximum Gasteiger partial charge on any atom is 0.227 e. The summed E-state index contributed by atoms with van der Waals surface area (Å²) >= 11 is 9.25. The van der Waals surface area contributed by atoms with Gasteiger partial charge in [0.15, 0.2) is 0 Å². The summed E-state index contributed by atoms with van der Waals surface area (Å²) in [7, 11) is 1.82. The number of rotatable bonds is 5. The third kappa shape index (κ3) is 4.04. The zero-order chi connectivity index (χ0) is 17.1. The maximum absolute atomic E-state index is 12.6. The Morgan fingerprint density at radius 3 is 2.83 bits per heavy atom. The smallest absolute Gasteiger partial charge is 0.227 e. The van der Waals surface area contributed by atoms with Crippen molar-refractivity contribution >= 4 is 40.2 Å². The molecule has 0 fully saturated rings. The fraction of sp³-hybridized carbons (Fsp3) is 0.222. The molecule has 6 heteroatoms. The molecular weight excluding hydrogens is 360 g/mol. The van der Waals surface area contributed by atoms with Crippen molar-refractivity contribution in [2.45, 2.75) is 19.9 Å². The number of hydrogen-bond acceptors (Lipinski definition) is 4. The molecule has 0 atom stereocenters. The molecule has 124 valence electrons. The zero-order valence-electron chi connectivity index (χ0n) is 13.5. The van der Waals surface area contributed by atoms with E-state index in [1.165, 1.54) is 0 Å². The fourth-order valence-electron chi connectivity index (χ4n) is 2.46. The van der Waals surface area contributed by atoms with E-state index in [9.17, 15) is 4.79 Å². The summed E-state index contributed by atoms with van der Waals surface area (Å²) in [6.07, 6.45) is 0.371. The SMILES string of the molecule is Cc1nc(-c2cccs2)c(CC(=O)N(C)Cc2cccc(Cl)c2)s1. The topological polar surface area (TPSA) is 33.2 Å². The Hall–Kier alpha value is -1.69. The van der Waals surface area contributed by atoms with Crippen molar-refractivity contribution in [2.24, 2.45) is 0 Å². The fourth-order valence-corrected chi connectivity index (χ4v) is 4.42. The van der Waals surface area contributed by atoms with Crippen molar-refractivity contribution in [1.29, 1.82) is 0 Å². The molecule has 1 amide bonds. The minimum Gasteiger partial charge on any atom is -0.341 e. The van der Waals surface area contributed by atoms with Gasteiger partial charge in [0.1, 0.15) is 0 Å². The van der Waals surface area contributed by atoms with Crippen molar-refractivity contribution in [1.82, 2.24) is 9.88 Å². The third-order valence-electron chi connectivity index (χ3n) is 3.61. The molecular formula is C18H17ClN2OS2. The predicted molar refractivity (Wildman–Crippen MR) is 102 cm³/mol. The number of nitrogens with zero attached hydrogens (tertiary/aromatic N) is 2. The van der Waals surface area contributed by atoms with Crippen molar-refractivity contribution < 1.29 is 4.79 Å². The number of halogens is 1. The second-order valence-electron chi connectivity index (χ2n) is 5.54. The summed E-state index contributed by atoms with van der Waals surface area (Å²) < 4.78 is 0. The summed E-state index contributed by atoms with van der Waals surface area (Å²) in [5.74, 6) is 0.0800. The van der Waals surface area contributed by atoms with Gasteiger partial charge in [-0.15, -0.1) is 22.7 Å². The maximum atomic E-state index is 12.6. The van der Waals surface area contributed by atoms with Crippen LogP contribution in [0.25, 0.3) is 10.6 Å². The van der Waals surface area contributed by atoms with Gasteiger partial charge in [-0.05, 0) is 36.1 Å². The average Bonchev–Trinajstić information content (AvgIpc) is 3.16. The molecule has 0 aliphatic heterocycles. The zero-order valence-corrected chi connectivity index (χ0v) is 15.8. The number of thiophene rings is 1. The lowest BCUT2D eigenvalue weighted by atomic mass is 10.2. The molecule has 0 radical (unpaired) electrons. The summed E-state index contributed by atoms with van der Waals surface area (Å²) in [5.41, 5.74) is 1.97. The van der Waals surface area contributed by atoms with Crippen LogP contribution in [0.4, 0.5) is 0 Å². The van der Waals surface area contributed by atoms with Crippen LogP contribution >= 0.6 is 34.3 Å². The highest BCUT2D eigenvalue weighted by Gasteiger charge is 2.18. The van der Waals surface area contributed by atoms with E-state index in [1.807, 2.05) is 55.7 Å².